The highest BCUT2D eigenvalue weighted by molar-refractivity contribution is 5.12. The largest absolute Gasteiger partial charge is 0.367 e. The lowest BCUT2D eigenvalue weighted by atomic mass is 9.51. The van der Waals surface area contributed by atoms with Crippen molar-refractivity contribution in [2.45, 2.75) is 51.4 Å². The van der Waals surface area contributed by atoms with Gasteiger partial charge in [-0.25, -0.2) is 0 Å². The van der Waals surface area contributed by atoms with Crippen molar-refractivity contribution in [2.75, 3.05) is 5.73 Å². The summed E-state index contributed by atoms with van der Waals surface area (Å²) in [5, 5.41) is 6.82. The van der Waals surface area contributed by atoms with Crippen LogP contribution in [0.2, 0.25) is 0 Å². The van der Waals surface area contributed by atoms with Gasteiger partial charge >= 0.3 is 0 Å². The van der Waals surface area contributed by atoms with Crippen LogP contribution >= 0.6 is 0 Å². The molecule has 4 nitrogen and oxygen atoms in total. The summed E-state index contributed by atoms with van der Waals surface area (Å²) in [6.45, 7) is 0. The molecule has 0 spiro atoms. The van der Waals surface area contributed by atoms with Crippen LogP contribution in [0.1, 0.15) is 50.8 Å². The third-order valence-corrected chi connectivity index (χ3v) is 5.92. The Hall–Kier alpha value is -1.06. The maximum absolute atomic E-state index is 5.53. The Balaban J connectivity index is 1.33. The van der Waals surface area contributed by atoms with E-state index in [4.69, 9.17) is 5.73 Å². The molecule has 19 heavy (non-hydrogen) atoms. The second-order valence-corrected chi connectivity index (χ2v) is 7.13. The fourth-order valence-electron chi connectivity index (χ4n) is 5.44. The van der Waals surface area contributed by atoms with Crippen molar-refractivity contribution < 1.29 is 0 Å². The average molecular weight is 260 g/mol. The zero-order valence-corrected chi connectivity index (χ0v) is 11.5. The van der Waals surface area contributed by atoms with Crippen LogP contribution in [-0.2, 0) is 6.42 Å². The number of anilines is 1. The summed E-state index contributed by atoms with van der Waals surface area (Å²) in [7, 11) is 0. The summed E-state index contributed by atoms with van der Waals surface area (Å²) < 4.78 is 0. The molecular formula is C15H24N4. The van der Waals surface area contributed by atoms with Gasteiger partial charge in [-0.15, -0.1) is 5.10 Å². The molecule has 4 aliphatic carbocycles. The van der Waals surface area contributed by atoms with Crippen molar-refractivity contribution in [3.05, 3.63) is 5.82 Å². The third-order valence-electron chi connectivity index (χ3n) is 5.92. The Morgan fingerprint density at radius 3 is 2.32 bits per heavy atom. The van der Waals surface area contributed by atoms with Crippen molar-refractivity contribution in [2.24, 2.45) is 29.6 Å². The molecule has 0 radical (unpaired) electrons. The Bertz CT molecular complexity index is 425. The van der Waals surface area contributed by atoms with Gasteiger partial charge in [-0.1, -0.05) is 0 Å². The molecule has 0 atom stereocenters. The van der Waals surface area contributed by atoms with Crippen molar-refractivity contribution in [3.63, 3.8) is 0 Å². The molecule has 0 saturated heterocycles. The lowest BCUT2D eigenvalue weighted by Crippen LogP contribution is -2.45. The lowest BCUT2D eigenvalue weighted by Gasteiger charge is -2.54. The fraction of sp³-hybridized carbons (Fsp3) is 0.867. The Morgan fingerprint density at radius 1 is 1.05 bits per heavy atom. The number of nitrogens with two attached hydrogens (primary N) is 1. The van der Waals surface area contributed by atoms with E-state index in [0.717, 1.165) is 41.8 Å². The van der Waals surface area contributed by atoms with E-state index < -0.39 is 0 Å². The van der Waals surface area contributed by atoms with E-state index in [-0.39, 0.29) is 0 Å². The number of aryl methyl sites for hydroxylation is 1. The number of nitrogen functional groups attached to an aromatic ring is 1. The number of hydrogen-bond acceptors (Lipinski definition) is 3. The number of nitrogens with zero attached hydrogens (tertiary/aromatic N) is 2. The van der Waals surface area contributed by atoms with E-state index in [1.54, 1.807) is 6.42 Å². The first-order chi connectivity index (χ1) is 9.28. The highest BCUT2D eigenvalue weighted by Crippen LogP contribution is 2.57. The van der Waals surface area contributed by atoms with Crippen LogP contribution in [0.4, 0.5) is 5.95 Å². The van der Waals surface area contributed by atoms with E-state index in [2.05, 4.69) is 15.2 Å². The molecule has 104 valence electrons. The summed E-state index contributed by atoms with van der Waals surface area (Å²) in [5.74, 6) is 6.63. The molecule has 0 unspecified atom stereocenters. The number of hydrogen-bond donors (Lipinski definition) is 2. The van der Waals surface area contributed by atoms with Gasteiger partial charge in [0.05, 0.1) is 0 Å². The smallest absolute Gasteiger partial charge is 0.239 e. The van der Waals surface area contributed by atoms with Crippen LogP contribution in [-0.4, -0.2) is 15.2 Å². The van der Waals surface area contributed by atoms with Gasteiger partial charge in [0.15, 0.2) is 0 Å². The topological polar surface area (TPSA) is 67.6 Å². The molecule has 4 fully saturated rings. The van der Waals surface area contributed by atoms with Crippen LogP contribution in [0.25, 0.3) is 0 Å². The molecule has 1 heterocycles. The number of aromatic nitrogens is 3. The molecule has 1 aromatic heterocycles. The molecule has 0 aliphatic heterocycles. The zero-order valence-electron chi connectivity index (χ0n) is 11.5. The van der Waals surface area contributed by atoms with E-state index in [0.29, 0.717) is 5.95 Å². The molecule has 4 bridgehead atoms. The van der Waals surface area contributed by atoms with Gasteiger partial charge in [0.25, 0.3) is 0 Å². The maximum atomic E-state index is 5.53. The number of rotatable bonds is 4. The second-order valence-electron chi connectivity index (χ2n) is 7.13. The highest BCUT2D eigenvalue weighted by Gasteiger charge is 2.47. The molecule has 0 aromatic carbocycles. The molecular weight excluding hydrogens is 236 g/mol. The van der Waals surface area contributed by atoms with Gasteiger partial charge < -0.3 is 5.73 Å². The summed E-state index contributed by atoms with van der Waals surface area (Å²) in [5.41, 5.74) is 5.53. The maximum Gasteiger partial charge on any atom is 0.239 e. The minimum absolute atomic E-state index is 0.379. The fourth-order valence-corrected chi connectivity index (χ4v) is 5.44. The highest BCUT2D eigenvalue weighted by atomic mass is 15.3. The quantitative estimate of drug-likeness (QED) is 0.874. The van der Waals surface area contributed by atoms with Crippen LogP contribution in [0.15, 0.2) is 0 Å². The van der Waals surface area contributed by atoms with Gasteiger partial charge in [-0.05, 0) is 74.5 Å². The molecule has 3 N–H and O–H groups in total. The van der Waals surface area contributed by atoms with Crippen LogP contribution in [0.5, 0.6) is 0 Å². The summed E-state index contributed by atoms with van der Waals surface area (Å²) in [6, 6.07) is 0. The number of aromatic amines is 1. The average Bonchev–Trinajstić information content (AvgIpc) is 2.78. The molecule has 4 saturated carbocycles. The lowest BCUT2D eigenvalue weighted by molar-refractivity contribution is -0.0402. The van der Waals surface area contributed by atoms with E-state index >= 15 is 0 Å². The van der Waals surface area contributed by atoms with Gasteiger partial charge in [0, 0.05) is 6.42 Å². The number of nitrogens with one attached hydrogen (secondary N) is 1. The minimum atomic E-state index is 0.379. The van der Waals surface area contributed by atoms with E-state index in [9.17, 15) is 0 Å². The van der Waals surface area contributed by atoms with Crippen LogP contribution < -0.4 is 5.73 Å². The first-order valence-corrected chi connectivity index (χ1v) is 7.94. The minimum Gasteiger partial charge on any atom is -0.367 e. The molecule has 5 rings (SSSR count). The van der Waals surface area contributed by atoms with Crippen molar-refractivity contribution in [1.82, 2.24) is 15.2 Å². The van der Waals surface area contributed by atoms with E-state index in [1.165, 1.54) is 38.5 Å². The predicted molar refractivity (Wildman–Crippen MR) is 74.3 cm³/mol. The molecule has 4 heteroatoms. The normalized spacial score (nSPS) is 39.9. The molecule has 1 aromatic rings. The predicted octanol–water partition coefficient (Wildman–Crippen LogP) is 2.78. The monoisotopic (exact) mass is 260 g/mol. The SMILES string of the molecule is Nc1n[nH]c(CCCC2C3CC4CC(C3)CC2C4)n1. The van der Waals surface area contributed by atoms with Gasteiger partial charge in [0.2, 0.25) is 5.95 Å². The van der Waals surface area contributed by atoms with Crippen molar-refractivity contribution in [1.29, 1.82) is 0 Å². The van der Waals surface area contributed by atoms with Crippen LogP contribution in [0.3, 0.4) is 0 Å². The van der Waals surface area contributed by atoms with Crippen LogP contribution in [0, 0.1) is 29.6 Å². The first-order valence-electron chi connectivity index (χ1n) is 7.94. The Morgan fingerprint density at radius 2 is 1.74 bits per heavy atom. The molecule has 0 amide bonds. The first kappa shape index (κ1) is 11.7. The van der Waals surface area contributed by atoms with Gasteiger partial charge in [0.1, 0.15) is 5.82 Å². The summed E-state index contributed by atoms with van der Waals surface area (Å²) in [6.07, 6.45) is 11.3. The summed E-state index contributed by atoms with van der Waals surface area (Å²) >= 11 is 0. The van der Waals surface area contributed by atoms with Crippen molar-refractivity contribution in [3.8, 4) is 0 Å². The summed E-state index contributed by atoms with van der Waals surface area (Å²) in [4.78, 5) is 4.20. The Kier molecular flexibility index (Phi) is 2.78. The number of H-pyrrole nitrogens is 1. The molecule has 4 aliphatic rings. The Labute approximate surface area is 114 Å². The third kappa shape index (κ3) is 2.15. The standard InChI is InChI=1S/C15H24N4/c16-15-17-14(18-19-15)3-1-2-13-11-5-9-4-10(7-11)8-12(13)6-9/h9-13H,1-8H2,(H3,16,17,18,19). The van der Waals surface area contributed by atoms with Gasteiger partial charge in [-0.2, -0.15) is 4.98 Å². The van der Waals surface area contributed by atoms with Gasteiger partial charge in [-0.3, -0.25) is 5.10 Å². The van der Waals surface area contributed by atoms with E-state index in [1.807, 2.05) is 0 Å². The zero-order chi connectivity index (χ0) is 12.8. The second kappa shape index (κ2) is 4.50. The van der Waals surface area contributed by atoms with Crippen molar-refractivity contribution >= 4 is 5.95 Å².